The molecule has 0 aromatic heterocycles. The molecule has 0 radical (unpaired) electrons. The summed E-state index contributed by atoms with van der Waals surface area (Å²) >= 11 is 0. The van der Waals surface area contributed by atoms with Crippen LogP contribution >= 0.6 is 7.82 Å². The first kappa shape index (κ1) is 24.5. The minimum Gasteiger partial charge on any atom is -0.463 e. The van der Waals surface area contributed by atoms with Crippen molar-refractivity contribution < 1.29 is 32.8 Å². The van der Waals surface area contributed by atoms with Gasteiger partial charge in [-0.05, 0) is 32.1 Å². The van der Waals surface area contributed by atoms with Gasteiger partial charge in [-0.3, -0.25) is 13.8 Å². The summed E-state index contributed by atoms with van der Waals surface area (Å²) in [7, 11) is -3.92. The maximum absolute atomic E-state index is 11.7. The molecule has 4 unspecified atom stereocenters. The Kier molecular flexibility index (Phi) is 11.5. The van der Waals surface area contributed by atoms with E-state index in [0.717, 1.165) is 38.5 Å². The highest BCUT2D eigenvalue weighted by Crippen LogP contribution is 2.49. The Morgan fingerprint density at radius 3 is 2.66 bits per heavy atom. The molecule has 0 spiro atoms. The lowest BCUT2D eigenvalue weighted by molar-refractivity contribution is -0.146. The zero-order valence-corrected chi connectivity index (χ0v) is 18.5. The van der Waals surface area contributed by atoms with Crippen LogP contribution in [0.3, 0.4) is 0 Å². The van der Waals surface area contributed by atoms with E-state index in [1.807, 2.05) is 0 Å². The molecule has 168 valence electrons. The van der Waals surface area contributed by atoms with E-state index < -0.39 is 13.9 Å². The van der Waals surface area contributed by atoms with Crippen LogP contribution in [0.1, 0.15) is 84.0 Å². The molecule has 8 heteroatoms. The second kappa shape index (κ2) is 13.6. The summed E-state index contributed by atoms with van der Waals surface area (Å²) < 4.78 is 31.2. The minimum absolute atomic E-state index is 0.0259. The van der Waals surface area contributed by atoms with Crippen molar-refractivity contribution >= 4 is 13.8 Å². The summed E-state index contributed by atoms with van der Waals surface area (Å²) in [6.45, 7) is 2.16. The number of phosphoric ester groups is 1. The molecule has 0 saturated carbocycles. The second-order valence-electron chi connectivity index (χ2n) is 7.90. The van der Waals surface area contributed by atoms with Gasteiger partial charge in [-0.1, -0.05) is 57.6 Å². The average molecular weight is 432 g/mol. The van der Waals surface area contributed by atoms with Gasteiger partial charge in [-0.2, -0.15) is 0 Å². The molecule has 0 amide bonds. The number of carbonyl (C=O) groups is 1. The van der Waals surface area contributed by atoms with E-state index in [1.54, 1.807) is 0 Å². The quantitative estimate of drug-likeness (QED) is 0.120. The lowest BCUT2D eigenvalue weighted by atomic mass is 10.1. The van der Waals surface area contributed by atoms with Crippen molar-refractivity contribution in [3.8, 4) is 0 Å². The van der Waals surface area contributed by atoms with E-state index in [2.05, 4.69) is 23.6 Å². The Hall–Kier alpha value is -0.720. The van der Waals surface area contributed by atoms with Crippen LogP contribution in [-0.2, 0) is 27.9 Å². The summed E-state index contributed by atoms with van der Waals surface area (Å²) in [5.41, 5.74) is 0. The third-order valence-electron chi connectivity index (χ3n) is 5.20. The Morgan fingerprint density at radius 1 is 1.10 bits per heavy atom. The van der Waals surface area contributed by atoms with Gasteiger partial charge in [0.25, 0.3) is 0 Å². The zero-order chi connectivity index (χ0) is 21.0. The van der Waals surface area contributed by atoms with E-state index in [0.29, 0.717) is 18.6 Å². The molecular weight excluding hydrogens is 395 g/mol. The SMILES string of the molecule is CCCCC/C=C\CC1OC1CCCCCCCC(=O)OCC1COP(=O)(O)O1. The summed E-state index contributed by atoms with van der Waals surface area (Å²) in [6, 6.07) is 0. The third kappa shape index (κ3) is 11.3. The Bertz CT molecular complexity index is 551. The lowest BCUT2D eigenvalue weighted by Gasteiger charge is -2.08. The topological polar surface area (TPSA) is 94.6 Å². The minimum atomic E-state index is -3.92. The molecule has 2 heterocycles. The predicted molar refractivity (Wildman–Crippen MR) is 110 cm³/mol. The summed E-state index contributed by atoms with van der Waals surface area (Å²) in [5, 5.41) is 0. The Balaban J connectivity index is 1.34. The zero-order valence-electron chi connectivity index (χ0n) is 17.6. The molecule has 7 nitrogen and oxygen atoms in total. The fourth-order valence-electron chi connectivity index (χ4n) is 3.41. The maximum Gasteiger partial charge on any atom is 0.472 e. The van der Waals surface area contributed by atoms with Crippen LogP contribution in [0.5, 0.6) is 0 Å². The predicted octanol–water partition coefficient (Wildman–Crippen LogP) is 5.07. The van der Waals surface area contributed by atoms with Gasteiger partial charge in [0, 0.05) is 6.42 Å². The number of carbonyl (C=O) groups excluding carboxylic acids is 1. The molecule has 2 aliphatic rings. The number of ether oxygens (including phenoxy) is 2. The van der Waals surface area contributed by atoms with E-state index in [9.17, 15) is 9.36 Å². The van der Waals surface area contributed by atoms with Crippen molar-refractivity contribution in [3.63, 3.8) is 0 Å². The van der Waals surface area contributed by atoms with Gasteiger partial charge in [0.1, 0.15) is 12.7 Å². The van der Waals surface area contributed by atoms with Gasteiger partial charge in [-0.15, -0.1) is 0 Å². The van der Waals surface area contributed by atoms with Crippen molar-refractivity contribution in [1.29, 1.82) is 0 Å². The molecule has 2 saturated heterocycles. The van der Waals surface area contributed by atoms with Crippen LogP contribution in [0, 0.1) is 0 Å². The largest absolute Gasteiger partial charge is 0.472 e. The van der Waals surface area contributed by atoms with Gasteiger partial charge in [0.05, 0.1) is 18.8 Å². The van der Waals surface area contributed by atoms with Crippen molar-refractivity contribution in [1.82, 2.24) is 0 Å². The highest BCUT2D eigenvalue weighted by Gasteiger charge is 2.36. The van der Waals surface area contributed by atoms with E-state index >= 15 is 0 Å². The number of esters is 1. The summed E-state index contributed by atoms with van der Waals surface area (Å²) in [6.07, 6.45) is 17.6. The third-order valence-corrected chi connectivity index (χ3v) is 6.24. The first-order chi connectivity index (χ1) is 14.0. The number of hydrogen-bond acceptors (Lipinski definition) is 6. The molecule has 29 heavy (non-hydrogen) atoms. The smallest absolute Gasteiger partial charge is 0.463 e. The molecule has 0 aromatic carbocycles. The highest BCUT2D eigenvalue weighted by atomic mass is 31.2. The number of hydrogen-bond donors (Lipinski definition) is 1. The van der Waals surface area contributed by atoms with Crippen LogP contribution < -0.4 is 0 Å². The number of unbranched alkanes of at least 4 members (excludes halogenated alkanes) is 7. The lowest BCUT2D eigenvalue weighted by Crippen LogP contribution is -2.20. The highest BCUT2D eigenvalue weighted by molar-refractivity contribution is 7.47. The maximum atomic E-state index is 11.7. The van der Waals surface area contributed by atoms with Crippen LogP contribution in [-0.4, -0.2) is 42.4 Å². The van der Waals surface area contributed by atoms with Gasteiger partial charge >= 0.3 is 13.8 Å². The van der Waals surface area contributed by atoms with Crippen molar-refractivity contribution in [3.05, 3.63) is 12.2 Å². The van der Waals surface area contributed by atoms with Crippen LogP contribution in [0.25, 0.3) is 0 Å². The first-order valence-electron chi connectivity index (χ1n) is 11.1. The monoisotopic (exact) mass is 432 g/mol. The summed E-state index contributed by atoms with van der Waals surface area (Å²) in [4.78, 5) is 20.7. The fourth-order valence-corrected chi connectivity index (χ4v) is 4.32. The fraction of sp³-hybridized carbons (Fsp3) is 0.857. The van der Waals surface area contributed by atoms with Gasteiger partial charge in [0.2, 0.25) is 0 Å². The molecule has 2 fully saturated rings. The molecule has 1 N–H and O–H groups in total. The van der Waals surface area contributed by atoms with Crippen LogP contribution in [0.4, 0.5) is 0 Å². The Labute approximate surface area is 174 Å². The number of rotatable bonds is 16. The van der Waals surface area contributed by atoms with Crippen molar-refractivity contribution in [2.45, 2.75) is 102 Å². The molecular formula is C21H37O7P. The first-order valence-corrected chi connectivity index (χ1v) is 12.6. The van der Waals surface area contributed by atoms with Gasteiger partial charge in [-0.25, -0.2) is 4.57 Å². The van der Waals surface area contributed by atoms with Crippen LogP contribution in [0.2, 0.25) is 0 Å². The average Bonchev–Trinajstić information content (AvgIpc) is 3.34. The number of allylic oxidation sites excluding steroid dienone is 1. The number of phosphoric acid groups is 1. The van der Waals surface area contributed by atoms with Crippen molar-refractivity contribution in [2.75, 3.05) is 13.2 Å². The summed E-state index contributed by atoms with van der Waals surface area (Å²) in [5.74, 6) is -0.301. The molecule has 0 aromatic rings. The van der Waals surface area contributed by atoms with E-state index in [-0.39, 0.29) is 19.2 Å². The van der Waals surface area contributed by atoms with Crippen LogP contribution in [0.15, 0.2) is 12.2 Å². The molecule has 4 atom stereocenters. The normalized spacial score (nSPS) is 28.8. The molecule has 2 rings (SSSR count). The van der Waals surface area contributed by atoms with Crippen molar-refractivity contribution in [2.24, 2.45) is 0 Å². The molecule has 0 bridgehead atoms. The number of epoxide rings is 1. The van der Waals surface area contributed by atoms with E-state index in [4.69, 9.17) is 18.9 Å². The van der Waals surface area contributed by atoms with Gasteiger partial charge < -0.3 is 14.4 Å². The Morgan fingerprint density at radius 2 is 1.90 bits per heavy atom. The van der Waals surface area contributed by atoms with Gasteiger partial charge in [0.15, 0.2) is 0 Å². The molecule has 0 aliphatic carbocycles. The second-order valence-corrected chi connectivity index (χ2v) is 9.30. The molecule has 2 aliphatic heterocycles. The standard InChI is InChI=1S/C21H37O7P/c1-2-3-4-5-7-10-13-19-20(27-19)14-11-8-6-9-12-15-21(22)25-16-18-17-26-29(23,24)28-18/h7,10,18-20H,2-6,8-9,11-17H2,1H3,(H,23,24)/b10-7-. The van der Waals surface area contributed by atoms with E-state index in [1.165, 1.54) is 32.1 Å².